The summed E-state index contributed by atoms with van der Waals surface area (Å²) in [5.74, 6) is 0.962. The molecule has 27 heavy (non-hydrogen) atoms. The van der Waals surface area contributed by atoms with Gasteiger partial charge >= 0.3 is 0 Å². The summed E-state index contributed by atoms with van der Waals surface area (Å²) < 4.78 is 5.43. The second-order valence-electron chi connectivity index (χ2n) is 6.64. The third kappa shape index (κ3) is 2.94. The maximum atomic E-state index is 11.3. The quantitative estimate of drug-likeness (QED) is 0.611. The van der Waals surface area contributed by atoms with Crippen LogP contribution in [-0.4, -0.2) is 42.0 Å². The van der Waals surface area contributed by atoms with Crippen molar-refractivity contribution < 1.29 is 4.74 Å². The van der Waals surface area contributed by atoms with E-state index in [1.165, 1.54) is 0 Å². The number of nitrogens with one attached hydrogen (secondary N) is 1. The van der Waals surface area contributed by atoms with Crippen molar-refractivity contribution in [2.45, 2.75) is 0 Å². The van der Waals surface area contributed by atoms with Crippen molar-refractivity contribution in [1.29, 1.82) is 0 Å². The third-order valence-corrected chi connectivity index (χ3v) is 4.96. The lowest BCUT2D eigenvalue weighted by Gasteiger charge is -2.28. The first-order valence-corrected chi connectivity index (χ1v) is 8.99. The molecule has 0 amide bonds. The smallest absolute Gasteiger partial charge is 0.247 e. The second kappa shape index (κ2) is 6.48. The molecule has 0 spiro atoms. The summed E-state index contributed by atoms with van der Waals surface area (Å²) in [6.07, 6.45) is 3.58. The van der Waals surface area contributed by atoms with Gasteiger partial charge in [-0.15, -0.1) is 0 Å². The van der Waals surface area contributed by atoms with Crippen molar-refractivity contribution in [2.24, 2.45) is 4.99 Å². The first-order valence-electron chi connectivity index (χ1n) is 8.99. The van der Waals surface area contributed by atoms with Crippen LogP contribution in [0.15, 0.2) is 64.6 Å². The highest BCUT2D eigenvalue weighted by Gasteiger charge is 2.22. The van der Waals surface area contributed by atoms with E-state index in [1.54, 1.807) is 12.3 Å². The predicted molar refractivity (Wildman–Crippen MR) is 105 cm³/mol. The maximum Gasteiger partial charge on any atom is 0.247 e. The van der Waals surface area contributed by atoms with Crippen LogP contribution >= 0.6 is 0 Å². The summed E-state index contributed by atoms with van der Waals surface area (Å²) in [6, 6.07) is 13.6. The lowest BCUT2D eigenvalue weighted by molar-refractivity contribution is 0.122. The number of aromatic nitrogens is 2. The van der Waals surface area contributed by atoms with Gasteiger partial charge < -0.3 is 14.6 Å². The van der Waals surface area contributed by atoms with Gasteiger partial charge in [-0.25, -0.2) is 9.98 Å². The van der Waals surface area contributed by atoms with E-state index in [4.69, 9.17) is 4.74 Å². The van der Waals surface area contributed by atoms with E-state index in [0.29, 0.717) is 0 Å². The first kappa shape index (κ1) is 16.0. The van der Waals surface area contributed by atoms with Crippen LogP contribution in [0.1, 0.15) is 11.1 Å². The van der Waals surface area contributed by atoms with E-state index < -0.39 is 0 Å². The van der Waals surface area contributed by atoms with E-state index >= 15 is 0 Å². The number of ether oxygens (including phenoxy) is 1. The Kier molecular flexibility index (Phi) is 3.83. The molecule has 4 heterocycles. The van der Waals surface area contributed by atoms with Gasteiger partial charge in [-0.05, 0) is 41.5 Å². The van der Waals surface area contributed by atoms with Crippen LogP contribution < -0.4 is 10.5 Å². The van der Waals surface area contributed by atoms with Crippen LogP contribution in [0.2, 0.25) is 0 Å². The van der Waals surface area contributed by atoms with Gasteiger partial charge in [0.2, 0.25) is 5.56 Å². The number of H-pyrrole nitrogens is 1. The molecule has 1 fully saturated rings. The number of aromatic amines is 1. The van der Waals surface area contributed by atoms with Gasteiger partial charge in [0.1, 0.15) is 5.82 Å². The molecule has 1 saturated heterocycles. The van der Waals surface area contributed by atoms with Crippen molar-refractivity contribution >= 4 is 17.2 Å². The summed E-state index contributed by atoms with van der Waals surface area (Å²) >= 11 is 0. The number of aliphatic imine (C=N–C) groups is 1. The highest BCUT2D eigenvalue weighted by Crippen LogP contribution is 2.36. The van der Waals surface area contributed by atoms with Crippen molar-refractivity contribution in [3.05, 3.63) is 76.3 Å². The summed E-state index contributed by atoms with van der Waals surface area (Å²) in [7, 11) is 0. The van der Waals surface area contributed by atoms with Crippen molar-refractivity contribution in [3.63, 3.8) is 0 Å². The van der Waals surface area contributed by atoms with Crippen LogP contribution in [0, 0.1) is 0 Å². The number of fused-ring (bicyclic) bond motifs is 1. The number of benzene rings is 1. The van der Waals surface area contributed by atoms with Gasteiger partial charge in [0.05, 0.1) is 24.6 Å². The fourth-order valence-corrected chi connectivity index (χ4v) is 3.47. The molecular weight excluding hydrogens is 340 g/mol. The number of nitrogens with zero attached hydrogens (tertiary/aromatic N) is 3. The average Bonchev–Trinajstić information content (AvgIpc) is 2.71. The zero-order chi connectivity index (χ0) is 18.2. The Morgan fingerprint density at radius 1 is 0.963 bits per heavy atom. The number of hydrogen-bond donors (Lipinski definition) is 1. The average molecular weight is 358 g/mol. The van der Waals surface area contributed by atoms with Crippen LogP contribution in [0.5, 0.6) is 0 Å². The Bertz CT molecular complexity index is 1080. The minimum atomic E-state index is -0.0997. The van der Waals surface area contributed by atoms with Gasteiger partial charge in [-0.3, -0.25) is 4.79 Å². The number of morpholine rings is 1. The molecule has 2 aromatic heterocycles. The molecule has 1 N–H and O–H groups in total. The maximum absolute atomic E-state index is 11.3. The number of hydrogen-bond acceptors (Lipinski definition) is 5. The molecule has 1 aromatic carbocycles. The molecule has 5 rings (SSSR count). The van der Waals surface area contributed by atoms with E-state index in [2.05, 4.69) is 32.0 Å². The molecule has 2 aliphatic rings. The molecule has 134 valence electrons. The van der Waals surface area contributed by atoms with E-state index in [9.17, 15) is 4.79 Å². The van der Waals surface area contributed by atoms with Crippen LogP contribution in [0.3, 0.4) is 0 Å². The Balaban J connectivity index is 1.46. The predicted octanol–water partition coefficient (Wildman–Crippen LogP) is 2.76. The molecule has 0 saturated carbocycles. The Hall–Kier alpha value is -3.25. The normalized spacial score (nSPS) is 15.7. The van der Waals surface area contributed by atoms with Gasteiger partial charge in [0, 0.05) is 42.7 Å². The summed E-state index contributed by atoms with van der Waals surface area (Å²) in [6.45, 7) is 3.18. The SMILES string of the molecule is O=c1ccc(-c2ccc3c(c2)C(c2ccnc(N4CCOCC4)c2)=N3)c[nH]1. The van der Waals surface area contributed by atoms with Crippen LogP contribution in [-0.2, 0) is 4.74 Å². The Morgan fingerprint density at radius 2 is 1.81 bits per heavy atom. The highest BCUT2D eigenvalue weighted by molar-refractivity contribution is 6.22. The topological polar surface area (TPSA) is 70.6 Å². The molecular formula is C21H18N4O2. The fraction of sp³-hybridized carbons (Fsp3) is 0.190. The molecule has 0 atom stereocenters. The monoisotopic (exact) mass is 358 g/mol. The Labute approximate surface area is 156 Å². The molecule has 0 unspecified atom stereocenters. The number of pyridine rings is 2. The Morgan fingerprint density at radius 3 is 2.63 bits per heavy atom. The van der Waals surface area contributed by atoms with Gasteiger partial charge in [-0.2, -0.15) is 0 Å². The van der Waals surface area contributed by atoms with Crippen molar-refractivity contribution in [2.75, 3.05) is 31.2 Å². The minimum Gasteiger partial charge on any atom is -0.378 e. The standard InChI is InChI=1S/C21H18N4O2/c26-20-4-2-16(13-23-20)14-1-3-18-17(11-14)21(24-18)15-5-6-22-19(12-15)25-7-9-27-10-8-25/h1-6,11-13H,7-10H2,(H,23,26). The molecule has 0 aliphatic carbocycles. The molecule has 0 radical (unpaired) electrons. The largest absolute Gasteiger partial charge is 0.378 e. The zero-order valence-electron chi connectivity index (χ0n) is 14.7. The van der Waals surface area contributed by atoms with Crippen LogP contribution in [0.4, 0.5) is 11.5 Å². The van der Waals surface area contributed by atoms with Gasteiger partial charge in [0.25, 0.3) is 0 Å². The lowest BCUT2D eigenvalue weighted by atomic mass is 9.93. The summed E-state index contributed by atoms with van der Waals surface area (Å²) in [5, 5.41) is 0. The van der Waals surface area contributed by atoms with Gasteiger partial charge in [0.15, 0.2) is 0 Å². The first-order chi connectivity index (χ1) is 13.3. The van der Waals surface area contributed by atoms with E-state index in [1.807, 2.05) is 30.5 Å². The third-order valence-electron chi connectivity index (χ3n) is 4.96. The second-order valence-corrected chi connectivity index (χ2v) is 6.64. The fourth-order valence-electron chi connectivity index (χ4n) is 3.47. The molecule has 6 nitrogen and oxygen atoms in total. The van der Waals surface area contributed by atoms with E-state index in [-0.39, 0.29) is 5.56 Å². The zero-order valence-corrected chi connectivity index (χ0v) is 14.7. The molecule has 6 heteroatoms. The van der Waals surface area contributed by atoms with Crippen molar-refractivity contribution in [1.82, 2.24) is 9.97 Å². The number of anilines is 1. The minimum absolute atomic E-state index is 0.0997. The van der Waals surface area contributed by atoms with Crippen molar-refractivity contribution in [3.8, 4) is 11.1 Å². The van der Waals surface area contributed by atoms with Gasteiger partial charge in [-0.1, -0.05) is 6.07 Å². The molecule has 0 bridgehead atoms. The van der Waals surface area contributed by atoms with E-state index in [0.717, 1.165) is 65.8 Å². The molecule has 2 aliphatic heterocycles. The summed E-state index contributed by atoms with van der Waals surface area (Å²) in [5.41, 5.74) is 6.09. The molecule has 3 aromatic rings. The van der Waals surface area contributed by atoms with Crippen LogP contribution in [0.25, 0.3) is 11.1 Å². The lowest BCUT2D eigenvalue weighted by Crippen LogP contribution is -2.36. The summed E-state index contributed by atoms with van der Waals surface area (Å²) in [4.78, 5) is 25.5. The number of rotatable bonds is 3. The highest BCUT2D eigenvalue weighted by atomic mass is 16.5.